The Kier molecular flexibility index (Phi) is 6.62. The molecular formula is C17H22F3N5O. The molecule has 0 radical (unpaired) electrons. The standard InChI is InChI=1S/C17H22F3N5O/c1-4-21-15-11-14(23-16(24-15)22-8-9-25(2)3)12-6-5-7-13(10-12)26-17(18,19)20/h5-7,10-11H,4,8-9H2,1-3H3,(H2,21,22,23,24). The van der Waals surface area contributed by atoms with E-state index in [2.05, 4.69) is 25.3 Å². The average Bonchev–Trinajstić information content (AvgIpc) is 2.53. The smallest absolute Gasteiger partial charge is 0.406 e. The van der Waals surface area contributed by atoms with Crippen molar-refractivity contribution in [3.8, 4) is 17.0 Å². The number of hydrogen-bond donors (Lipinski definition) is 2. The molecule has 2 N–H and O–H groups in total. The number of anilines is 2. The minimum absolute atomic E-state index is 0.291. The van der Waals surface area contributed by atoms with E-state index in [1.54, 1.807) is 12.1 Å². The second-order valence-corrected chi connectivity index (χ2v) is 5.80. The third kappa shape index (κ3) is 6.40. The lowest BCUT2D eigenvalue weighted by Crippen LogP contribution is -2.21. The minimum Gasteiger partial charge on any atom is -0.406 e. The van der Waals surface area contributed by atoms with Crippen molar-refractivity contribution < 1.29 is 17.9 Å². The van der Waals surface area contributed by atoms with Crippen LogP contribution in [0.25, 0.3) is 11.3 Å². The van der Waals surface area contributed by atoms with Gasteiger partial charge in [0.1, 0.15) is 11.6 Å². The van der Waals surface area contributed by atoms with Crippen LogP contribution in [0.5, 0.6) is 5.75 Å². The van der Waals surface area contributed by atoms with E-state index in [1.165, 1.54) is 18.2 Å². The van der Waals surface area contributed by atoms with Gasteiger partial charge in [-0.25, -0.2) is 4.98 Å². The molecule has 26 heavy (non-hydrogen) atoms. The highest BCUT2D eigenvalue weighted by atomic mass is 19.4. The van der Waals surface area contributed by atoms with Gasteiger partial charge in [0.25, 0.3) is 0 Å². The van der Waals surface area contributed by atoms with E-state index >= 15 is 0 Å². The van der Waals surface area contributed by atoms with Gasteiger partial charge in [0.2, 0.25) is 5.95 Å². The van der Waals surface area contributed by atoms with Crippen LogP contribution in [0.1, 0.15) is 6.92 Å². The van der Waals surface area contributed by atoms with Crippen molar-refractivity contribution in [1.82, 2.24) is 14.9 Å². The molecule has 142 valence electrons. The van der Waals surface area contributed by atoms with Crippen molar-refractivity contribution >= 4 is 11.8 Å². The molecule has 0 aliphatic carbocycles. The Hall–Kier alpha value is -2.55. The van der Waals surface area contributed by atoms with Gasteiger partial charge in [0.15, 0.2) is 0 Å². The molecule has 0 unspecified atom stereocenters. The molecule has 0 aliphatic rings. The number of hydrogen-bond acceptors (Lipinski definition) is 6. The van der Waals surface area contributed by atoms with E-state index in [0.29, 0.717) is 36.1 Å². The van der Waals surface area contributed by atoms with Gasteiger partial charge in [-0.1, -0.05) is 12.1 Å². The Bertz CT molecular complexity index is 722. The first kappa shape index (κ1) is 19.8. The van der Waals surface area contributed by atoms with E-state index < -0.39 is 6.36 Å². The van der Waals surface area contributed by atoms with E-state index in [-0.39, 0.29) is 5.75 Å². The van der Waals surface area contributed by atoms with Gasteiger partial charge in [-0.15, -0.1) is 13.2 Å². The van der Waals surface area contributed by atoms with E-state index in [9.17, 15) is 13.2 Å². The number of likely N-dealkylation sites (N-methyl/N-ethyl adjacent to an activating group) is 1. The van der Waals surface area contributed by atoms with Gasteiger partial charge in [0.05, 0.1) is 5.69 Å². The van der Waals surface area contributed by atoms with Crippen molar-refractivity contribution in [2.75, 3.05) is 44.4 Å². The lowest BCUT2D eigenvalue weighted by Gasteiger charge is -2.13. The van der Waals surface area contributed by atoms with Crippen molar-refractivity contribution in [2.45, 2.75) is 13.3 Å². The fraction of sp³-hybridized carbons (Fsp3) is 0.412. The minimum atomic E-state index is -4.74. The molecule has 0 spiro atoms. The molecule has 1 heterocycles. The van der Waals surface area contributed by atoms with Crippen LogP contribution < -0.4 is 15.4 Å². The molecule has 0 amide bonds. The molecule has 0 saturated heterocycles. The molecule has 2 rings (SSSR count). The van der Waals surface area contributed by atoms with E-state index in [1.807, 2.05) is 25.9 Å². The maximum Gasteiger partial charge on any atom is 0.573 e. The van der Waals surface area contributed by atoms with Crippen LogP contribution in [0.15, 0.2) is 30.3 Å². The monoisotopic (exact) mass is 369 g/mol. The summed E-state index contributed by atoms with van der Waals surface area (Å²) in [6.45, 7) is 4.02. The zero-order chi connectivity index (χ0) is 19.2. The van der Waals surface area contributed by atoms with Gasteiger partial charge in [0, 0.05) is 31.3 Å². The average molecular weight is 369 g/mol. The summed E-state index contributed by atoms with van der Waals surface area (Å²) in [5.41, 5.74) is 1.000. The summed E-state index contributed by atoms with van der Waals surface area (Å²) in [5.74, 6) is 0.704. The molecule has 9 heteroatoms. The number of alkyl halides is 3. The Balaban J connectivity index is 2.29. The van der Waals surface area contributed by atoms with Gasteiger partial charge < -0.3 is 20.3 Å². The molecule has 0 fully saturated rings. The largest absolute Gasteiger partial charge is 0.573 e. The summed E-state index contributed by atoms with van der Waals surface area (Å²) >= 11 is 0. The molecule has 1 aromatic heterocycles. The van der Waals surface area contributed by atoms with Gasteiger partial charge in [-0.05, 0) is 33.2 Å². The molecule has 6 nitrogen and oxygen atoms in total. The Labute approximate surface area is 150 Å². The number of rotatable bonds is 8. The predicted octanol–water partition coefficient (Wildman–Crippen LogP) is 3.45. The maximum atomic E-state index is 12.4. The van der Waals surface area contributed by atoms with Crippen LogP contribution in [0.2, 0.25) is 0 Å². The summed E-state index contributed by atoms with van der Waals surface area (Å²) in [7, 11) is 3.91. The normalized spacial score (nSPS) is 11.5. The summed E-state index contributed by atoms with van der Waals surface area (Å²) in [6.07, 6.45) is -4.74. The molecule has 0 saturated carbocycles. The van der Waals surface area contributed by atoms with Crippen LogP contribution in [-0.2, 0) is 0 Å². The number of aromatic nitrogens is 2. The first-order valence-electron chi connectivity index (χ1n) is 8.14. The first-order valence-corrected chi connectivity index (χ1v) is 8.14. The topological polar surface area (TPSA) is 62.3 Å². The Morgan fingerprint density at radius 1 is 1.12 bits per heavy atom. The third-order valence-corrected chi connectivity index (χ3v) is 3.29. The van der Waals surface area contributed by atoms with Crippen LogP contribution in [-0.4, -0.2) is 55.0 Å². The zero-order valence-corrected chi connectivity index (χ0v) is 14.9. The molecule has 2 aromatic rings. The maximum absolute atomic E-state index is 12.4. The lowest BCUT2D eigenvalue weighted by atomic mass is 10.1. The lowest BCUT2D eigenvalue weighted by molar-refractivity contribution is -0.274. The molecule has 0 atom stereocenters. The van der Waals surface area contributed by atoms with E-state index in [0.717, 1.165) is 6.54 Å². The number of ether oxygens (including phenoxy) is 1. The SMILES string of the molecule is CCNc1cc(-c2cccc(OC(F)(F)F)c2)nc(NCCN(C)C)n1. The van der Waals surface area contributed by atoms with Crippen LogP contribution in [0.3, 0.4) is 0 Å². The van der Waals surface area contributed by atoms with Gasteiger partial charge in [-0.3, -0.25) is 0 Å². The number of benzene rings is 1. The van der Waals surface area contributed by atoms with Crippen molar-refractivity contribution in [3.63, 3.8) is 0 Å². The van der Waals surface area contributed by atoms with Crippen LogP contribution in [0.4, 0.5) is 24.9 Å². The van der Waals surface area contributed by atoms with E-state index in [4.69, 9.17) is 0 Å². The summed E-state index contributed by atoms with van der Waals surface area (Å²) < 4.78 is 41.3. The molecular weight excluding hydrogens is 347 g/mol. The van der Waals surface area contributed by atoms with Crippen molar-refractivity contribution in [2.24, 2.45) is 0 Å². The van der Waals surface area contributed by atoms with Crippen LogP contribution >= 0.6 is 0 Å². The van der Waals surface area contributed by atoms with Crippen LogP contribution in [0, 0.1) is 0 Å². The zero-order valence-electron chi connectivity index (χ0n) is 14.9. The summed E-state index contributed by atoms with van der Waals surface area (Å²) in [5, 5.41) is 6.22. The Morgan fingerprint density at radius 2 is 1.88 bits per heavy atom. The quantitative estimate of drug-likeness (QED) is 0.743. The highest BCUT2D eigenvalue weighted by Gasteiger charge is 2.31. The molecule has 0 aliphatic heterocycles. The molecule has 0 bridgehead atoms. The first-order chi connectivity index (χ1) is 12.3. The second kappa shape index (κ2) is 8.70. The third-order valence-electron chi connectivity index (χ3n) is 3.29. The highest BCUT2D eigenvalue weighted by Crippen LogP contribution is 2.28. The van der Waals surface area contributed by atoms with Gasteiger partial charge >= 0.3 is 6.36 Å². The highest BCUT2D eigenvalue weighted by molar-refractivity contribution is 5.65. The predicted molar refractivity (Wildman–Crippen MR) is 95.4 cm³/mol. The van der Waals surface area contributed by atoms with Crippen molar-refractivity contribution in [1.29, 1.82) is 0 Å². The summed E-state index contributed by atoms with van der Waals surface area (Å²) in [4.78, 5) is 10.8. The fourth-order valence-corrected chi connectivity index (χ4v) is 2.19. The second-order valence-electron chi connectivity index (χ2n) is 5.80. The number of nitrogens with zero attached hydrogens (tertiary/aromatic N) is 3. The molecule has 1 aromatic carbocycles. The number of nitrogens with one attached hydrogen (secondary N) is 2. The number of halogens is 3. The van der Waals surface area contributed by atoms with Gasteiger partial charge in [-0.2, -0.15) is 4.98 Å². The summed E-state index contributed by atoms with van der Waals surface area (Å²) in [6, 6.07) is 7.40. The van der Waals surface area contributed by atoms with Crippen molar-refractivity contribution in [3.05, 3.63) is 30.3 Å². The Morgan fingerprint density at radius 3 is 2.54 bits per heavy atom. The fourth-order valence-electron chi connectivity index (χ4n) is 2.19.